The Morgan fingerprint density at radius 2 is 1.83 bits per heavy atom. The van der Waals surface area contributed by atoms with Gasteiger partial charge in [0.15, 0.2) is 5.96 Å². The molecule has 0 saturated carbocycles. The predicted octanol–water partition coefficient (Wildman–Crippen LogP) is 2.39. The number of hydrogen-bond donors (Lipinski definition) is 3. The molecule has 0 aliphatic rings. The van der Waals surface area contributed by atoms with Crippen LogP contribution in [-0.2, 0) is 9.53 Å². The normalized spacial score (nSPS) is 11.2. The fourth-order valence-corrected chi connectivity index (χ4v) is 1.94. The third-order valence-electron chi connectivity index (χ3n) is 3.18. The molecule has 24 heavy (non-hydrogen) atoms. The first-order valence-corrected chi connectivity index (χ1v) is 8.71. The van der Waals surface area contributed by atoms with Gasteiger partial charge in [-0.3, -0.25) is 4.79 Å². The summed E-state index contributed by atoms with van der Waals surface area (Å²) in [5.74, 6) is 0.510. The minimum absolute atomic E-state index is 0.0806. The monoisotopic (exact) mass is 334 g/mol. The van der Waals surface area contributed by atoms with Gasteiger partial charge >= 0.3 is 0 Å². The van der Waals surface area contributed by atoms with Crippen LogP contribution in [0, 0.1) is 0 Å². The molecule has 0 aliphatic heterocycles. The number of unbranched alkanes of at least 4 members (excludes halogenated alkanes) is 1. The number of guanidine groups is 1. The number of amides is 1. The van der Waals surface area contributed by atoms with Crippen LogP contribution in [0.15, 0.2) is 35.3 Å². The van der Waals surface area contributed by atoms with Crippen LogP contribution in [0.2, 0.25) is 0 Å². The number of aliphatic imine (C=N–C) groups is 1. The van der Waals surface area contributed by atoms with Crippen LogP contribution in [0.3, 0.4) is 0 Å². The summed E-state index contributed by atoms with van der Waals surface area (Å²) in [6.07, 6.45) is 3.17. The molecule has 0 spiro atoms. The first-order valence-electron chi connectivity index (χ1n) is 8.71. The molecule has 0 unspecified atom stereocenters. The zero-order chi connectivity index (χ0) is 17.5. The minimum atomic E-state index is -0.138. The largest absolute Gasteiger partial charge is 0.381 e. The third-order valence-corrected chi connectivity index (χ3v) is 3.18. The lowest BCUT2D eigenvalue weighted by Gasteiger charge is -2.11. The van der Waals surface area contributed by atoms with Crippen molar-refractivity contribution in [2.75, 3.05) is 38.2 Å². The molecule has 0 bridgehead atoms. The van der Waals surface area contributed by atoms with E-state index in [9.17, 15) is 4.79 Å². The zero-order valence-electron chi connectivity index (χ0n) is 14.8. The lowest BCUT2D eigenvalue weighted by atomic mass is 10.3. The summed E-state index contributed by atoms with van der Waals surface area (Å²) in [5, 5.41) is 9.15. The van der Waals surface area contributed by atoms with Gasteiger partial charge in [0.05, 0.1) is 0 Å². The Labute approximate surface area is 145 Å². The van der Waals surface area contributed by atoms with Gasteiger partial charge in [-0.25, -0.2) is 4.99 Å². The van der Waals surface area contributed by atoms with Gasteiger partial charge in [0.2, 0.25) is 5.91 Å². The first-order chi connectivity index (χ1) is 11.8. The standard InChI is InChI=1S/C18H30N4O2/c1-3-5-13-24-14-9-12-20-18(19-4-2)21-15-17(23)22-16-10-7-6-8-11-16/h6-8,10-11H,3-5,9,12-15H2,1-2H3,(H,22,23)(H2,19,20,21). The summed E-state index contributed by atoms with van der Waals surface area (Å²) in [6.45, 7) is 7.30. The molecular weight excluding hydrogens is 304 g/mol. The Bertz CT molecular complexity index is 477. The summed E-state index contributed by atoms with van der Waals surface area (Å²) in [4.78, 5) is 16.2. The molecule has 1 aromatic rings. The predicted molar refractivity (Wildman–Crippen MR) is 99.4 cm³/mol. The van der Waals surface area contributed by atoms with Crippen LogP contribution in [-0.4, -0.2) is 44.7 Å². The highest BCUT2D eigenvalue weighted by molar-refractivity contribution is 5.94. The maximum Gasteiger partial charge on any atom is 0.246 e. The molecule has 3 N–H and O–H groups in total. The number of carbonyl (C=O) groups is 1. The number of rotatable bonds is 11. The van der Waals surface area contributed by atoms with Crippen LogP contribution < -0.4 is 16.0 Å². The van der Waals surface area contributed by atoms with Gasteiger partial charge in [0.25, 0.3) is 0 Å². The quantitative estimate of drug-likeness (QED) is 0.330. The van der Waals surface area contributed by atoms with Crippen LogP contribution in [0.25, 0.3) is 0 Å². The number of hydrogen-bond acceptors (Lipinski definition) is 3. The second kappa shape index (κ2) is 13.4. The lowest BCUT2D eigenvalue weighted by molar-refractivity contribution is -0.114. The van der Waals surface area contributed by atoms with Crippen molar-refractivity contribution in [2.24, 2.45) is 4.99 Å². The summed E-state index contributed by atoms with van der Waals surface area (Å²) in [5.41, 5.74) is 0.778. The van der Waals surface area contributed by atoms with E-state index in [1.54, 1.807) is 0 Å². The number of ether oxygens (including phenoxy) is 1. The van der Waals surface area contributed by atoms with Gasteiger partial charge in [-0.05, 0) is 31.9 Å². The Kier molecular flexibility index (Phi) is 11.1. The van der Waals surface area contributed by atoms with Crippen LogP contribution >= 0.6 is 0 Å². The highest BCUT2D eigenvalue weighted by atomic mass is 16.5. The topological polar surface area (TPSA) is 74.8 Å². The molecule has 1 amide bonds. The van der Waals surface area contributed by atoms with Gasteiger partial charge in [-0.15, -0.1) is 0 Å². The molecule has 0 atom stereocenters. The van der Waals surface area contributed by atoms with Crippen LogP contribution in [0.4, 0.5) is 5.69 Å². The van der Waals surface area contributed by atoms with E-state index < -0.39 is 0 Å². The Morgan fingerprint density at radius 1 is 1.08 bits per heavy atom. The molecule has 0 fully saturated rings. The lowest BCUT2D eigenvalue weighted by Crippen LogP contribution is -2.38. The van der Waals surface area contributed by atoms with E-state index in [2.05, 4.69) is 27.9 Å². The minimum Gasteiger partial charge on any atom is -0.381 e. The molecular formula is C18H30N4O2. The molecule has 6 heteroatoms. The molecule has 0 heterocycles. The van der Waals surface area contributed by atoms with Gasteiger partial charge in [0.1, 0.15) is 6.54 Å². The smallest absolute Gasteiger partial charge is 0.246 e. The summed E-state index contributed by atoms with van der Waals surface area (Å²) >= 11 is 0. The Hall–Kier alpha value is -2.08. The van der Waals surface area contributed by atoms with Crippen molar-refractivity contribution in [3.8, 4) is 0 Å². The van der Waals surface area contributed by atoms with E-state index in [0.717, 1.165) is 51.3 Å². The molecule has 0 saturated heterocycles. The van der Waals surface area contributed by atoms with Gasteiger partial charge in [-0.2, -0.15) is 0 Å². The number of para-hydroxylation sites is 1. The van der Waals surface area contributed by atoms with E-state index in [1.807, 2.05) is 37.3 Å². The van der Waals surface area contributed by atoms with Crippen molar-refractivity contribution in [3.63, 3.8) is 0 Å². The van der Waals surface area contributed by atoms with Crippen molar-refractivity contribution < 1.29 is 9.53 Å². The van der Waals surface area contributed by atoms with E-state index >= 15 is 0 Å². The third kappa shape index (κ3) is 9.84. The molecule has 1 aromatic carbocycles. The summed E-state index contributed by atoms with van der Waals surface area (Å²) in [6, 6.07) is 9.38. The average molecular weight is 334 g/mol. The van der Waals surface area contributed by atoms with E-state index in [1.165, 1.54) is 0 Å². The van der Waals surface area contributed by atoms with Crippen molar-refractivity contribution >= 4 is 17.6 Å². The number of carbonyl (C=O) groups excluding carboxylic acids is 1. The fourth-order valence-electron chi connectivity index (χ4n) is 1.94. The van der Waals surface area contributed by atoms with Gasteiger partial charge in [0, 0.05) is 32.0 Å². The van der Waals surface area contributed by atoms with Crippen molar-refractivity contribution in [1.29, 1.82) is 0 Å². The van der Waals surface area contributed by atoms with E-state index in [0.29, 0.717) is 5.96 Å². The number of nitrogens with zero attached hydrogens (tertiary/aromatic N) is 1. The number of nitrogens with one attached hydrogen (secondary N) is 3. The number of benzene rings is 1. The highest BCUT2D eigenvalue weighted by Crippen LogP contribution is 2.04. The van der Waals surface area contributed by atoms with E-state index in [4.69, 9.17) is 4.74 Å². The van der Waals surface area contributed by atoms with Crippen LogP contribution in [0.5, 0.6) is 0 Å². The first kappa shape index (κ1) is 20.0. The number of anilines is 1. The second-order valence-electron chi connectivity index (χ2n) is 5.36. The second-order valence-corrected chi connectivity index (χ2v) is 5.36. The van der Waals surface area contributed by atoms with Crippen LogP contribution in [0.1, 0.15) is 33.1 Å². The SMILES string of the molecule is CCCCOCCCNC(=NCC(=O)Nc1ccccc1)NCC. The molecule has 1 rings (SSSR count). The molecule has 134 valence electrons. The molecule has 0 aliphatic carbocycles. The van der Waals surface area contributed by atoms with Gasteiger partial charge < -0.3 is 20.7 Å². The maximum absolute atomic E-state index is 11.9. The van der Waals surface area contributed by atoms with E-state index in [-0.39, 0.29) is 12.5 Å². The molecule has 0 aromatic heterocycles. The Morgan fingerprint density at radius 3 is 2.54 bits per heavy atom. The Balaban J connectivity index is 2.27. The maximum atomic E-state index is 11.9. The molecule has 0 radical (unpaired) electrons. The average Bonchev–Trinajstić information content (AvgIpc) is 2.59. The summed E-state index contributed by atoms with van der Waals surface area (Å²) in [7, 11) is 0. The van der Waals surface area contributed by atoms with Crippen molar-refractivity contribution in [1.82, 2.24) is 10.6 Å². The van der Waals surface area contributed by atoms with Crippen molar-refractivity contribution in [3.05, 3.63) is 30.3 Å². The highest BCUT2D eigenvalue weighted by Gasteiger charge is 2.02. The zero-order valence-corrected chi connectivity index (χ0v) is 14.8. The summed E-state index contributed by atoms with van der Waals surface area (Å²) < 4.78 is 5.52. The fraction of sp³-hybridized carbons (Fsp3) is 0.556. The van der Waals surface area contributed by atoms with Gasteiger partial charge in [-0.1, -0.05) is 31.5 Å². The van der Waals surface area contributed by atoms with Crippen molar-refractivity contribution in [2.45, 2.75) is 33.1 Å². The molecule has 6 nitrogen and oxygen atoms in total.